The summed E-state index contributed by atoms with van der Waals surface area (Å²) < 4.78 is 12.2. The van der Waals surface area contributed by atoms with E-state index in [2.05, 4.69) is 15.9 Å². The predicted octanol–water partition coefficient (Wildman–Crippen LogP) is 8.37. The number of aliphatic imine (C=N–C) groups is 1. The Morgan fingerprint density at radius 1 is 0.976 bits per heavy atom. The van der Waals surface area contributed by atoms with Crippen molar-refractivity contribution in [1.82, 2.24) is 0 Å². The largest absolute Gasteiger partial charge is 0.493 e. The number of halogens is 1. The van der Waals surface area contributed by atoms with Crippen molar-refractivity contribution in [3.8, 4) is 11.5 Å². The number of nitro groups is 1. The highest BCUT2D eigenvalue weighted by Gasteiger charge is 2.35. The number of ether oxygens (including phenoxy) is 2. The molecule has 5 rings (SSSR count). The number of amidine groups is 1. The lowest BCUT2D eigenvalue weighted by Crippen LogP contribution is -2.28. The molecule has 0 saturated carbocycles. The van der Waals surface area contributed by atoms with Gasteiger partial charge >= 0.3 is 0 Å². The van der Waals surface area contributed by atoms with Crippen molar-refractivity contribution in [2.45, 2.75) is 20.5 Å². The molecule has 8 nitrogen and oxygen atoms in total. The number of thioether (sulfide) groups is 1. The molecule has 1 saturated heterocycles. The summed E-state index contributed by atoms with van der Waals surface area (Å²) in [5, 5.41) is 11.5. The van der Waals surface area contributed by atoms with Gasteiger partial charge in [-0.3, -0.25) is 19.8 Å². The second-order valence-corrected chi connectivity index (χ2v) is 11.4. The van der Waals surface area contributed by atoms with Crippen molar-refractivity contribution in [3.05, 3.63) is 127 Å². The number of aryl methyl sites for hydroxylation is 2. The number of nitrogens with zero attached hydrogens (tertiary/aromatic N) is 3. The number of nitro benzene ring substituents is 1. The Balaban J connectivity index is 1.44. The Morgan fingerprint density at radius 3 is 2.24 bits per heavy atom. The lowest BCUT2D eigenvalue weighted by atomic mass is 10.1. The van der Waals surface area contributed by atoms with Gasteiger partial charge in [-0.1, -0.05) is 35.4 Å². The monoisotopic (exact) mass is 643 g/mol. The average Bonchev–Trinajstić information content (AvgIpc) is 3.27. The first kappa shape index (κ1) is 29.1. The summed E-state index contributed by atoms with van der Waals surface area (Å²) >= 11 is 4.88. The zero-order valence-electron chi connectivity index (χ0n) is 23.0. The molecule has 0 unspecified atom stereocenters. The maximum absolute atomic E-state index is 13.7. The van der Waals surface area contributed by atoms with Crippen LogP contribution in [0.15, 0.2) is 99.3 Å². The third-order valence-electron chi connectivity index (χ3n) is 6.44. The van der Waals surface area contributed by atoms with Crippen LogP contribution in [0.5, 0.6) is 11.5 Å². The first-order valence-corrected chi connectivity index (χ1v) is 14.5. The Bertz CT molecular complexity index is 1700. The molecular formula is C32H26BrN3O5S. The minimum Gasteiger partial charge on any atom is -0.493 e. The second kappa shape index (κ2) is 12.6. The van der Waals surface area contributed by atoms with Crippen LogP contribution in [0.4, 0.5) is 17.1 Å². The number of methoxy groups -OCH3 is 1. The molecular weight excluding hydrogens is 618 g/mol. The Labute approximate surface area is 256 Å². The van der Waals surface area contributed by atoms with E-state index >= 15 is 0 Å². The summed E-state index contributed by atoms with van der Waals surface area (Å²) in [7, 11) is 1.54. The number of hydrogen-bond acceptors (Lipinski definition) is 7. The van der Waals surface area contributed by atoms with Crippen LogP contribution in [-0.4, -0.2) is 23.1 Å². The minimum absolute atomic E-state index is 0.0160. The van der Waals surface area contributed by atoms with Gasteiger partial charge in [-0.05, 0) is 107 Å². The minimum atomic E-state index is -0.442. The molecule has 1 amide bonds. The van der Waals surface area contributed by atoms with Gasteiger partial charge in [0.05, 0.1) is 32.8 Å². The van der Waals surface area contributed by atoms with E-state index in [9.17, 15) is 14.9 Å². The zero-order valence-corrected chi connectivity index (χ0v) is 25.4. The Hall–Kier alpha value is -4.41. The van der Waals surface area contributed by atoms with E-state index in [1.165, 1.54) is 23.9 Å². The molecule has 0 radical (unpaired) electrons. The van der Waals surface area contributed by atoms with Crippen LogP contribution in [0, 0.1) is 24.0 Å². The van der Waals surface area contributed by atoms with Gasteiger partial charge in [0.15, 0.2) is 16.7 Å². The molecule has 0 atom stereocenters. The topological polar surface area (TPSA) is 94.3 Å². The number of hydrogen-bond donors (Lipinski definition) is 0. The van der Waals surface area contributed by atoms with Gasteiger partial charge in [0.2, 0.25) is 0 Å². The molecule has 0 aliphatic carbocycles. The van der Waals surface area contributed by atoms with Gasteiger partial charge in [0, 0.05) is 12.1 Å². The van der Waals surface area contributed by atoms with Crippen molar-refractivity contribution < 1.29 is 19.2 Å². The highest BCUT2D eigenvalue weighted by atomic mass is 79.9. The van der Waals surface area contributed by atoms with E-state index in [-0.39, 0.29) is 18.2 Å². The second-order valence-electron chi connectivity index (χ2n) is 9.56. The number of carbonyl (C=O) groups is 1. The van der Waals surface area contributed by atoms with E-state index < -0.39 is 4.92 Å². The average molecular weight is 645 g/mol. The molecule has 1 aliphatic rings. The lowest BCUT2D eigenvalue weighted by Gasteiger charge is -2.16. The lowest BCUT2D eigenvalue weighted by molar-refractivity contribution is -0.384. The van der Waals surface area contributed by atoms with Crippen LogP contribution in [0.2, 0.25) is 0 Å². The van der Waals surface area contributed by atoms with Crippen LogP contribution >= 0.6 is 27.7 Å². The molecule has 10 heteroatoms. The van der Waals surface area contributed by atoms with Gasteiger partial charge in [-0.2, -0.15) is 0 Å². The highest BCUT2D eigenvalue weighted by molar-refractivity contribution is 9.10. The highest BCUT2D eigenvalue weighted by Crippen LogP contribution is 2.41. The van der Waals surface area contributed by atoms with E-state index in [1.54, 1.807) is 36.3 Å². The Kier molecular flexibility index (Phi) is 8.75. The molecule has 0 spiro atoms. The first-order chi connectivity index (χ1) is 20.2. The summed E-state index contributed by atoms with van der Waals surface area (Å²) in [5.74, 6) is 0.770. The fourth-order valence-electron chi connectivity index (χ4n) is 4.18. The molecule has 42 heavy (non-hydrogen) atoms. The van der Waals surface area contributed by atoms with E-state index in [1.807, 2.05) is 68.4 Å². The zero-order chi connectivity index (χ0) is 29.8. The number of anilines is 1. The smallest absolute Gasteiger partial charge is 0.271 e. The van der Waals surface area contributed by atoms with Crippen molar-refractivity contribution in [2.75, 3.05) is 12.0 Å². The maximum Gasteiger partial charge on any atom is 0.271 e. The van der Waals surface area contributed by atoms with Gasteiger partial charge in [0.1, 0.15) is 6.61 Å². The van der Waals surface area contributed by atoms with E-state index in [0.29, 0.717) is 26.0 Å². The molecule has 4 aromatic carbocycles. The number of benzene rings is 4. The van der Waals surface area contributed by atoms with Crippen molar-refractivity contribution in [3.63, 3.8) is 0 Å². The maximum atomic E-state index is 13.7. The van der Waals surface area contributed by atoms with Crippen LogP contribution < -0.4 is 14.4 Å². The normalized spacial score (nSPS) is 15.0. The van der Waals surface area contributed by atoms with Gasteiger partial charge < -0.3 is 9.47 Å². The van der Waals surface area contributed by atoms with Gasteiger partial charge in [-0.15, -0.1) is 0 Å². The van der Waals surface area contributed by atoms with Crippen molar-refractivity contribution in [1.29, 1.82) is 0 Å². The summed E-state index contributed by atoms with van der Waals surface area (Å²) in [6.45, 7) is 4.20. The predicted molar refractivity (Wildman–Crippen MR) is 171 cm³/mol. The number of non-ortho nitro benzene ring substituents is 1. The third kappa shape index (κ3) is 6.56. The van der Waals surface area contributed by atoms with Crippen LogP contribution in [-0.2, 0) is 11.4 Å². The van der Waals surface area contributed by atoms with Crippen LogP contribution in [0.1, 0.15) is 22.3 Å². The quantitative estimate of drug-likeness (QED) is 0.109. The van der Waals surface area contributed by atoms with Crippen molar-refractivity contribution >= 4 is 61.9 Å². The molecule has 1 aliphatic heterocycles. The summed E-state index contributed by atoms with van der Waals surface area (Å²) in [6.07, 6.45) is 1.80. The SMILES string of the molecule is COc1cc(/C=C2\SC(=Nc3ccc(C)cc3)N(c3ccc(C)cc3)C2=O)cc(Br)c1OCc1ccc([N+](=O)[O-])cc1. The Morgan fingerprint density at radius 2 is 1.62 bits per heavy atom. The number of amides is 1. The molecule has 212 valence electrons. The van der Waals surface area contributed by atoms with Crippen LogP contribution in [0.25, 0.3) is 6.08 Å². The summed E-state index contributed by atoms with van der Waals surface area (Å²) in [5.41, 5.74) is 5.24. The van der Waals surface area contributed by atoms with E-state index in [4.69, 9.17) is 14.5 Å². The fraction of sp³-hybridized carbons (Fsp3) is 0.125. The molecule has 1 fully saturated rings. The molecule has 0 N–H and O–H groups in total. The molecule has 1 heterocycles. The summed E-state index contributed by atoms with van der Waals surface area (Å²) in [4.78, 5) is 31.2. The molecule has 0 bridgehead atoms. The van der Waals surface area contributed by atoms with Crippen LogP contribution in [0.3, 0.4) is 0 Å². The molecule has 4 aromatic rings. The number of carbonyl (C=O) groups excluding carboxylic acids is 1. The van der Waals surface area contributed by atoms with Gasteiger partial charge in [0.25, 0.3) is 11.6 Å². The van der Waals surface area contributed by atoms with Crippen molar-refractivity contribution in [2.24, 2.45) is 4.99 Å². The van der Waals surface area contributed by atoms with Gasteiger partial charge in [-0.25, -0.2) is 4.99 Å². The first-order valence-electron chi connectivity index (χ1n) is 12.9. The fourth-order valence-corrected chi connectivity index (χ4v) is 5.76. The number of rotatable bonds is 8. The van der Waals surface area contributed by atoms with E-state index in [0.717, 1.165) is 33.6 Å². The summed E-state index contributed by atoms with van der Waals surface area (Å²) in [6, 6.07) is 25.4. The standard InChI is InChI=1S/C32H26BrN3O5S/c1-20-4-10-24(11-5-20)34-32-35(25-12-6-21(2)7-13-25)31(37)29(42-32)18-23-16-27(33)30(28(17-23)40-3)41-19-22-8-14-26(15-9-22)36(38)39/h4-18H,19H2,1-3H3/b29-18-,34-32?. The molecule has 0 aromatic heterocycles. The third-order valence-corrected chi connectivity index (χ3v) is 8.00.